The highest BCUT2D eigenvalue weighted by atomic mass is 16.5. The summed E-state index contributed by atoms with van der Waals surface area (Å²) in [4.78, 5) is 12.1. The molecular weight excluding hydrogens is 302 g/mol. The summed E-state index contributed by atoms with van der Waals surface area (Å²) < 4.78 is 5.63. The molecule has 0 saturated heterocycles. The maximum absolute atomic E-state index is 12.1. The van der Waals surface area contributed by atoms with Crippen LogP contribution >= 0.6 is 0 Å². The zero-order valence-electron chi connectivity index (χ0n) is 14.0. The molecule has 2 aromatic rings. The van der Waals surface area contributed by atoms with Gasteiger partial charge in [-0.25, -0.2) is 0 Å². The molecule has 4 nitrogen and oxygen atoms in total. The van der Waals surface area contributed by atoms with Crippen LogP contribution in [-0.4, -0.2) is 23.7 Å². The molecular formula is C20H23NO3. The summed E-state index contributed by atoms with van der Waals surface area (Å²) in [5, 5.41) is 12.3. The highest BCUT2D eigenvalue weighted by Gasteiger charge is 2.11. The predicted octanol–water partition coefficient (Wildman–Crippen LogP) is 3.34. The molecule has 0 fully saturated rings. The van der Waals surface area contributed by atoms with E-state index in [1.165, 1.54) is 6.08 Å². The molecule has 0 heterocycles. The van der Waals surface area contributed by atoms with Gasteiger partial charge in [-0.3, -0.25) is 4.79 Å². The van der Waals surface area contributed by atoms with Crippen molar-refractivity contribution >= 4 is 12.0 Å². The fraction of sp³-hybridized carbons (Fsp3) is 0.250. The molecule has 0 aliphatic heterocycles. The van der Waals surface area contributed by atoms with Crippen molar-refractivity contribution in [3.63, 3.8) is 0 Å². The monoisotopic (exact) mass is 325 g/mol. The first-order valence-electron chi connectivity index (χ1n) is 7.99. The third-order valence-corrected chi connectivity index (χ3v) is 3.36. The molecule has 0 saturated carbocycles. The van der Waals surface area contributed by atoms with E-state index in [1.807, 2.05) is 68.4 Å². The van der Waals surface area contributed by atoms with E-state index in [-0.39, 0.29) is 18.6 Å². The van der Waals surface area contributed by atoms with Gasteiger partial charge in [0.2, 0.25) is 5.91 Å². The van der Waals surface area contributed by atoms with E-state index in [9.17, 15) is 9.90 Å². The Bertz CT molecular complexity index is 680. The summed E-state index contributed by atoms with van der Waals surface area (Å²) in [6.45, 7) is 3.78. The Labute approximate surface area is 142 Å². The first kappa shape index (κ1) is 17.8. The van der Waals surface area contributed by atoms with E-state index < -0.39 is 6.04 Å². The van der Waals surface area contributed by atoms with Crippen molar-refractivity contribution in [3.8, 4) is 5.75 Å². The van der Waals surface area contributed by atoms with Crippen LogP contribution in [0.25, 0.3) is 6.08 Å². The van der Waals surface area contributed by atoms with Crippen molar-refractivity contribution in [2.75, 3.05) is 6.61 Å². The van der Waals surface area contributed by atoms with Gasteiger partial charge in [-0.05, 0) is 43.2 Å². The van der Waals surface area contributed by atoms with Crippen LogP contribution in [0.15, 0.2) is 60.7 Å². The van der Waals surface area contributed by atoms with Gasteiger partial charge in [-0.2, -0.15) is 0 Å². The number of hydrogen-bond acceptors (Lipinski definition) is 3. The first-order valence-corrected chi connectivity index (χ1v) is 7.99. The summed E-state index contributed by atoms with van der Waals surface area (Å²) in [7, 11) is 0. The number of benzene rings is 2. The van der Waals surface area contributed by atoms with E-state index >= 15 is 0 Å². The Morgan fingerprint density at radius 1 is 1.17 bits per heavy atom. The largest absolute Gasteiger partial charge is 0.491 e. The lowest BCUT2D eigenvalue weighted by Crippen LogP contribution is -2.29. The molecule has 0 aromatic heterocycles. The first-order chi connectivity index (χ1) is 11.6. The van der Waals surface area contributed by atoms with Gasteiger partial charge in [0.25, 0.3) is 0 Å². The van der Waals surface area contributed by atoms with Crippen molar-refractivity contribution < 1.29 is 14.6 Å². The Kier molecular flexibility index (Phi) is 6.58. The molecule has 0 aliphatic carbocycles. The summed E-state index contributed by atoms with van der Waals surface area (Å²) >= 11 is 0. The van der Waals surface area contributed by atoms with Gasteiger partial charge in [0.1, 0.15) is 5.75 Å². The molecule has 2 N–H and O–H groups in total. The molecule has 0 spiro atoms. The Morgan fingerprint density at radius 2 is 1.92 bits per heavy atom. The SMILES string of the molecule is CC(C)Oc1cccc(/C=C/C(=O)NC(CO)c2ccccc2)c1. The zero-order chi connectivity index (χ0) is 17.4. The predicted molar refractivity (Wildman–Crippen MR) is 95.7 cm³/mol. The summed E-state index contributed by atoms with van der Waals surface area (Å²) in [5.41, 5.74) is 1.75. The normalized spacial score (nSPS) is 12.3. The molecule has 1 atom stereocenters. The number of nitrogens with one attached hydrogen (secondary N) is 1. The van der Waals surface area contributed by atoms with Gasteiger partial charge in [0, 0.05) is 6.08 Å². The van der Waals surface area contributed by atoms with Gasteiger partial charge < -0.3 is 15.2 Å². The second-order valence-corrected chi connectivity index (χ2v) is 5.73. The number of carbonyl (C=O) groups excluding carboxylic acids is 1. The van der Waals surface area contributed by atoms with Gasteiger partial charge in [0.15, 0.2) is 0 Å². The standard InChI is InChI=1S/C20H23NO3/c1-15(2)24-18-10-6-7-16(13-18)11-12-20(23)21-19(14-22)17-8-4-3-5-9-17/h3-13,15,19,22H,14H2,1-2H3,(H,21,23)/b12-11+. The van der Waals surface area contributed by atoms with Crippen molar-refractivity contribution in [1.82, 2.24) is 5.32 Å². The van der Waals surface area contributed by atoms with E-state index in [4.69, 9.17) is 4.74 Å². The molecule has 2 rings (SSSR count). The molecule has 1 unspecified atom stereocenters. The van der Waals surface area contributed by atoms with Gasteiger partial charge >= 0.3 is 0 Å². The second kappa shape index (κ2) is 8.89. The lowest BCUT2D eigenvalue weighted by atomic mass is 10.1. The molecule has 126 valence electrons. The lowest BCUT2D eigenvalue weighted by molar-refractivity contribution is -0.117. The number of amides is 1. The van der Waals surface area contributed by atoms with Crippen LogP contribution in [0.3, 0.4) is 0 Å². The van der Waals surface area contributed by atoms with Crippen LogP contribution in [0, 0.1) is 0 Å². The number of carbonyl (C=O) groups is 1. The van der Waals surface area contributed by atoms with Crippen LogP contribution in [-0.2, 0) is 4.79 Å². The van der Waals surface area contributed by atoms with Crippen LogP contribution in [0.5, 0.6) is 5.75 Å². The number of rotatable bonds is 7. The number of aliphatic hydroxyl groups is 1. The van der Waals surface area contributed by atoms with Crippen LogP contribution in [0.1, 0.15) is 31.0 Å². The van der Waals surface area contributed by atoms with Crippen molar-refractivity contribution in [2.24, 2.45) is 0 Å². The van der Waals surface area contributed by atoms with Gasteiger partial charge in [-0.1, -0.05) is 42.5 Å². The summed E-state index contributed by atoms with van der Waals surface area (Å²) in [5.74, 6) is 0.512. The van der Waals surface area contributed by atoms with Gasteiger partial charge in [-0.15, -0.1) is 0 Å². The fourth-order valence-corrected chi connectivity index (χ4v) is 2.28. The minimum Gasteiger partial charge on any atom is -0.491 e. The van der Waals surface area contributed by atoms with Crippen LogP contribution in [0.2, 0.25) is 0 Å². The number of hydrogen-bond donors (Lipinski definition) is 2. The van der Waals surface area contributed by atoms with Crippen LogP contribution < -0.4 is 10.1 Å². The van der Waals surface area contributed by atoms with Crippen LogP contribution in [0.4, 0.5) is 0 Å². The third-order valence-electron chi connectivity index (χ3n) is 3.36. The van der Waals surface area contributed by atoms with E-state index in [0.29, 0.717) is 0 Å². The molecule has 24 heavy (non-hydrogen) atoms. The third kappa shape index (κ3) is 5.56. The minimum absolute atomic E-state index is 0.101. The summed E-state index contributed by atoms with van der Waals surface area (Å²) in [6, 6.07) is 16.5. The Hall–Kier alpha value is -2.59. The van der Waals surface area contributed by atoms with Crippen molar-refractivity contribution in [2.45, 2.75) is 26.0 Å². The van der Waals surface area contributed by atoms with E-state index in [1.54, 1.807) is 6.08 Å². The maximum atomic E-state index is 12.1. The average molecular weight is 325 g/mol. The second-order valence-electron chi connectivity index (χ2n) is 5.73. The molecule has 4 heteroatoms. The van der Waals surface area contributed by atoms with Crippen molar-refractivity contribution in [1.29, 1.82) is 0 Å². The zero-order valence-corrected chi connectivity index (χ0v) is 14.0. The van der Waals surface area contributed by atoms with Crippen molar-refractivity contribution in [3.05, 3.63) is 71.8 Å². The van der Waals surface area contributed by atoms with E-state index in [0.717, 1.165) is 16.9 Å². The molecule has 1 amide bonds. The average Bonchev–Trinajstić information content (AvgIpc) is 2.58. The topological polar surface area (TPSA) is 58.6 Å². The highest BCUT2D eigenvalue weighted by Crippen LogP contribution is 2.16. The lowest BCUT2D eigenvalue weighted by Gasteiger charge is -2.15. The Balaban J connectivity index is 1.99. The molecule has 0 radical (unpaired) electrons. The fourth-order valence-electron chi connectivity index (χ4n) is 2.28. The molecule has 2 aromatic carbocycles. The number of aliphatic hydroxyl groups excluding tert-OH is 1. The highest BCUT2D eigenvalue weighted by molar-refractivity contribution is 5.92. The maximum Gasteiger partial charge on any atom is 0.244 e. The van der Waals surface area contributed by atoms with Gasteiger partial charge in [0.05, 0.1) is 18.8 Å². The summed E-state index contributed by atoms with van der Waals surface area (Å²) in [6.07, 6.45) is 3.28. The Morgan fingerprint density at radius 3 is 2.58 bits per heavy atom. The molecule has 0 aliphatic rings. The molecule has 0 bridgehead atoms. The van der Waals surface area contributed by atoms with E-state index in [2.05, 4.69) is 5.32 Å². The quantitative estimate of drug-likeness (QED) is 0.768. The minimum atomic E-state index is -0.418. The number of ether oxygens (including phenoxy) is 1. The smallest absolute Gasteiger partial charge is 0.244 e.